The number of carbonyl (C=O) groups is 3. The van der Waals surface area contributed by atoms with E-state index in [-0.39, 0.29) is 5.56 Å². The Hall–Kier alpha value is -4.22. The number of carbonyl (C=O) groups excluding carboxylic acids is 3. The van der Waals surface area contributed by atoms with Crippen LogP contribution in [0.25, 0.3) is 5.82 Å². The number of anilines is 1. The largest absolute Gasteiger partial charge is 0.452 e. The molecule has 3 aromatic rings. The third kappa shape index (κ3) is 5.09. The summed E-state index contributed by atoms with van der Waals surface area (Å²) in [6.45, 7) is 0.311. The molecule has 166 valence electrons. The van der Waals surface area contributed by atoms with Gasteiger partial charge >= 0.3 is 5.97 Å². The van der Waals surface area contributed by atoms with Crippen LogP contribution in [-0.4, -0.2) is 45.7 Å². The zero-order chi connectivity index (χ0) is 23.3. The molecule has 2 aromatic heterocycles. The third-order valence-electron chi connectivity index (χ3n) is 4.19. The minimum Gasteiger partial charge on any atom is -0.452 e. The van der Waals surface area contributed by atoms with E-state index in [1.807, 2.05) is 5.32 Å². The number of nitrogens with one attached hydrogen (secondary N) is 2. The van der Waals surface area contributed by atoms with Crippen LogP contribution in [0.1, 0.15) is 16.1 Å². The predicted molar refractivity (Wildman–Crippen MR) is 104 cm³/mol. The lowest BCUT2D eigenvalue weighted by Gasteiger charge is -2.09. The van der Waals surface area contributed by atoms with E-state index in [1.54, 1.807) is 31.3 Å². The topological polar surface area (TPSA) is 115 Å². The van der Waals surface area contributed by atoms with Crippen LogP contribution in [0, 0.1) is 24.4 Å². The molecule has 0 radical (unpaired) electrons. The van der Waals surface area contributed by atoms with Crippen molar-refractivity contribution >= 4 is 23.5 Å². The van der Waals surface area contributed by atoms with Crippen LogP contribution in [0.15, 0.2) is 42.7 Å². The Labute approximate surface area is 179 Å². The highest BCUT2D eigenvalue weighted by Crippen LogP contribution is 2.19. The molecule has 0 fully saturated rings. The van der Waals surface area contributed by atoms with E-state index in [0.29, 0.717) is 17.6 Å². The van der Waals surface area contributed by atoms with Crippen LogP contribution in [0.2, 0.25) is 0 Å². The molecule has 0 aliphatic rings. The molecule has 0 aliphatic carbocycles. The number of pyridine rings is 1. The number of benzene rings is 1. The summed E-state index contributed by atoms with van der Waals surface area (Å²) in [6, 6.07) is 6.65. The molecule has 0 saturated heterocycles. The van der Waals surface area contributed by atoms with Gasteiger partial charge in [-0.2, -0.15) is 5.10 Å². The maximum absolute atomic E-state index is 13.5. The summed E-state index contributed by atoms with van der Waals surface area (Å²) in [5.41, 5.74) is -0.0213. The van der Waals surface area contributed by atoms with Crippen molar-refractivity contribution < 1.29 is 32.3 Å². The van der Waals surface area contributed by atoms with E-state index in [1.165, 1.54) is 10.9 Å². The van der Waals surface area contributed by atoms with Gasteiger partial charge in [-0.25, -0.2) is 27.6 Å². The molecule has 0 bridgehead atoms. The zero-order valence-electron chi connectivity index (χ0n) is 16.6. The van der Waals surface area contributed by atoms with Crippen molar-refractivity contribution in [3.8, 4) is 5.82 Å². The Morgan fingerprint density at radius 3 is 2.56 bits per heavy atom. The number of hydrogen-bond acceptors (Lipinski definition) is 6. The highest BCUT2D eigenvalue weighted by molar-refractivity contribution is 5.95. The van der Waals surface area contributed by atoms with Gasteiger partial charge in [0.05, 0.1) is 24.1 Å². The Bertz CT molecular complexity index is 1170. The minimum atomic E-state index is -1.74. The molecule has 2 N–H and O–H groups in total. The van der Waals surface area contributed by atoms with Crippen molar-refractivity contribution in [1.29, 1.82) is 0 Å². The summed E-state index contributed by atoms with van der Waals surface area (Å²) in [5, 5.41) is 8.21. The van der Waals surface area contributed by atoms with Crippen LogP contribution >= 0.6 is 0 Å². The quantitative estimate of drug-likeness (QED) is 0.422. The van der Waals surface area contributed by atoms with Crippen molar-refractivity contribution in [2.75, 3.05) is 18.5 Å². The van der Waals surface area contributed by atoms with Crippen molar-refractivity contribution in [3.63, 3.8) is 0 Å². The van der Waals surface area contributed by atoms with Gasteiger partial charge in [0.2, 0.25) is 5.91 Å². The molecule has 12 heteroatoms. The van der Waals surface area contributed by atoms with E-state index in [0.717, 1.165) is 6.07 Å². The molecule has 2 heterocycles. The summed E-state index contributed by atoms with van der Waals surface area (Å²) >= 11 is 0. The van der Waals surface area contributed by atoms with E-state index < -0.39 is 54.1 Å². The van der Waals surface area contributed by atoms with Crippen molar-refractivity contribution in [2.45, 2.75) is 6.92 Å². The van der Waals surface area contributed by atoms with Crippen LogP contribution < -0.4 is 10.6 Å². The first-order valence-electron chi connectivity index (χ1n) is 9.11. The van der Waals surface area contributed by atoms with Gasteiger partial charge < -0.3 is 15.4 Å². The van der Waals surface area contributed by atoms with Crippen LogP contribution in [-0.2, 0) is 14.3 Å². The Morgan fingerprint density at radius 1 is 1.06 bits per heavy atom. The van der Waals surface area contributed by atoms with Gasteiger partial charge in [0.1, 0.15) is 5.56 Å². The smallest absolute Gasteiger partial charge is 0.342 e. The van der Waals surface area contributed by atoms with Gasteiger partial charge in [-0.15, -0.1) is 0 Å². The SMILES string of the molecule is Cc1c(C(=O)OCC(=O)NCC(=O)Nc2ccc(F)c(F)c2F)cnn1-c1ccccn1. The standard InChI is InChI=1S/C20H16F3N5O4/c1-11-12(8-26-28(11)15-4-2-3-7-24-15)20(31)32-10-17(30)25-9-16(29)27-14-6-5-13(21)18(22)19(14)23/h2-8H,9-10H2,1H3,(H,25,30)(H,27,29). The minimum absolute atomic E-state index is 0.120. The number of ether oxygens (including phenoxy) is 1. The highest BCUT2D eigenvalue weighted by atomic mass is 19.2. The maximum Gasteiger partial charge on any atom is 0.342 e. The lowest BCUT2D eigenvalue weighted by Crippen LogP contribution is -2.35. The Morgan fingerprint density at radius 2 is 1.84 bits per heavy atom. The molecule has 0 spiro atoms. The summed E-state index contributed by atoms with van der Waals surface area (Å²) in [6.07, 6.45) is 2.84. The number of halogens is 3. The van der Waals surface area contributed by atoms with Gasteiger partial charge in [-0.05, 0) is 31.2 Å². The lowest BCUT2D eigenvalue weighted by molar-refractivity contribution is -0.126. The molecule has 1 aromatic carbocycles. The van der Waals surface area contributed by atoms with E-state index in [4.69, 9.17) is 4.74 Å². The average molecular weight is 447 g/mol. The second kappa shape index (κ2) is 9.73. The molecule has 3 rings (SSSR count). The summed E-state index contributed by atoms with van der Waals surface area (Å²) < 4.78 is 46.0. The average Bonchev–Trinajstić information content (AvgIpc) is 3.18. The Kier molecular flexibility index (Phi) is 6.83. The molecule has 0 saturated carbocycles. The van der Waals surface area contributed by atoms with E-state index in [9.17, 15) is 27.6 Å². The monoisotopic (exact) mass is 447 g/mol. The van der Waals surface area contributed by atoms with Crippen LogP contribution in [0.5, 0.6) is 0 Å². The normalized spacial score (nSPS) is 10.5. The van der Waals surface area contributed by atoms with Crippen molar-refractivity contribution in [1.82, 2.24) is 20.1 Å². The Balaban J connectivity index is 1.49. The highest BCUT2D eigenvalue weighted by Gasteiger charge is 2.19. The third-order valence-corrected chi connectivity index (χ3v) is 4.19. The van der Waals surface area contributed by atoms with Crippen molar-refractivity contribution in [3.05, 3.63) is 71.4 Å². The number of aromatic nitrogens is 3. The first-order valence-corrected chi connectivity index (χ1v) is 9.11. The summed E-state index contributed by atoms with van der Waals surface area (Å²) in [5.74, 6) is -6.74. The molecular formula is C20H16F3N5O4. The van der Waals surface area contributed by atoms with E-state index >= 15 is 0 Å². The number of hydrogen-bond donors (Lipinski definition) is 2. The molecule has 2 amide bonds. The molecule has 9 nitrogen and oxygen atoms in total. The molecular weight excluding hydrogens is 431 g/mol. The maximum atomic E-state index is 13.5. The molecule has 0 unspecified atom stereocenters. The molecule has 0 aliphatic heterocycles. The number of esters is 1. The zero-order valence-corrected chi connectivity index (χ0v) is 16.6. The van der Waals surface area contributed by atoms with Gasteiger partial charge in [-0.1, -0.05) is 6.07 Å². The summed E-state index contributed by atoms with van der Waals surface area (Å²) in [7, 11) is 0. The fraction of sp³-hybridized carbons (Fsp3) is 0.150. The predicted octanol–water partition coefficient (Wildman–Crippen LogP) is 1.90. The second-order valence-corrected chi connectivity index (χ2v) is 6.37. The fourth-order valence-electron chi connectivity index (χ4n) is 2.58. The summed E-state index contributed by atoms with van der Waals surface area (Å²) in [4.78, 5) is 40.0. The van der Waals surface area contributed by atoms with Crippen LogP contribution in [0.4, 0.5) is 18.9 Å². The van der Waals surface area contributed by atoms with Gasteiger partial charge in [0.25, 0.3) is 5.91 Å². The van der Waals surface area contributed by atoms with Crippen LogP contribution in [0.3, 0.4) is 0 Å². The van der Waals surface area contributed by atoms with Gasteiger partial charge in [0.15, 0.2) is 29.9 Å². The fourth-order valence-corrected chi connectivity index (χ4v) is 2.58. The first kappa shape index (κ1) is 22.5. The number of rotatable bonds is 7. The van der Waals surface area contributed by atoms with E-state index in [2.05, 4.69) is 15.4 Å². The molecule has 32 heavy (non-hydrogen) atoms. The van der Waals surface area contributed by atoms with Gasteiger partial charge in [-0.3, -0.25) is 9.59 Å². The first-order chi connectivity index (χ1) is 15.3. The number of nitrogens with zero attached hydrogens (tertiary/aromatic N) is 3. The van der Waals surface area contributed by atoms with Crippen molar-refractivity contribution in [2.24, 2.45) is 0 Å². The lowest BCUT2D eigenvalue weighted by atomic mass is 10.2. The second-order valence-electron chi connectivity index (χ2n) is 6.37. The number of amides is 2. The molecule has 0 atom stereocenters. The van der Waals surface area contributed by atoms with Gasteiger partial charge in [0, 0.05) is 6.20 Å².